The van der Waals surface area contributed by atoms with Crippen LogP contribution in [0.5, 0.6) is 0 Å². The van der Waals surface area contributed by atoms with Gasteiger partial charge in [0.25, 0.3) is 0 Å². The van der Waals surface area contributed by atoms with E-state index in [4.69, 9.17) is 20.4 Å². The maximum atomic E-state index is 10.9. The summed E-state index contributed by atoms with van der Waals surface area (Å²) in [7, 11) is 0. The number of hydrogen-bond donors (Lipinski definition) is 4. The largest absolute Gasteiger partial charge is 0.481 e. The minimum atomic E-state index is -2.06. The van der Waals surface area contributed by atoms with Gasteiger partial charge in [-0.3, -0.25) is 9.59 Å². The molecule has 0 bridgehead atoms. The molecular formula is C8H12O10. The van der Waals surface area contributed by atoms with Gasteiger partial charge in [0.2, 0.25) is 0 Å². The smallest absolute Gasteiger partial charge is 0.343 e. The van der Waals surface area contributed by atoms with Crippen LogP contribution in [-0.2, 0) is 23.9 Å². The molecule has 0 aromatic heterocycles. The zero-order valence-electron chi connectivity index (χ0n) is 8.90. The van der Waals surface area contributed by atoms with Gasteiger partial charge < -0.3 is 30.6 Å². The van der Waals surface area contributed by atoms with E-state index in [0.717, 1.165) is 0 Å². The molecule has 10 nitrogen and oxygen atoms in total. The molecular weight excluding hydrogens is 256 g/mol. The molecule has 0 aliphatic rings. The van der Waals surface area contributed by atoms with E-state index in [0.29, 0.717) is 0 Å². The summed E-state index contributed by atoms with van der Waals surface area (Å²) < 4.78 is 3.87. The molecule has 10 heteroatoms. The molecule has 0 spiro atoms. The van der Waals surface area contributed by atoms with E-state index >= 15 is 0 Å². The zero-order valence-corrected chi connectivity index (χ0v) is 8.90. The Labute approximate surface area is 99.7 Å². The Kier molecular flexibility index (Phi) is 8.26. The average Bonchev–Trinajstić information content (AvgIpc) is 2.15. The Bertz CT molecular complexity index is 303. The predicted octanol–water partition coefficient (Wildman–Crippen LogP) is -3.10. The van der Waals surface area contributed by atoms with Crippen molar-refractivity contribution in [3.63, 3.8) is 0 Å². The van der Waals surface area contributed by atoms with E-state index in [1.165, 1.54) is 0 Å². The lowest BCUT2D eigenvalue weighted by molar-refractivity contribution is -0.174. The van der Waals surface area contributed by atoms with Gasteiger partial charge in [-0.2, -0.15) is 0 Å². The van der Waals surface area contributed by atoms with E-state index in [1.54, 1.807) is 0 Å². The molecule has 0 saturated heterocycles. The molecule has 6 N–H and O–H groups in total. The second kappa shape index (κ2) is 8.11. The van der Waals surface area contributed by atoms with Crippen molar-refractivity contribution in [1.82, 2.24) is 0 Å². The summed E-state index contributed by atoms with van der Waals surface area (Å²) in [5.74, 6) is -6.12. The number of aliphatic hydroxyl groups excluding tert-OH is 2. The van der Waals surface area contributed by atoms with Gasteiger partial charge in [-0.15, -0.1) is 0 Å². The fourth-order valence-corrected chi connectivity index (χ4v) is 0.733. The number of carbonyl (C=O) groups is 4. The first kappa shape index (κ1) is 18.3. The zero-order chi connectivity index (χ0) is 13.6. The van der Waals surface area contributed by atoms with Crippen molar-refractivity contribution < 1.29 is 49.8 Å². The van der Waals surface area contributed by atoms with E-state index in [-0.39, 0.29) is 5.48 Å². The van der Waals surface area contributed by atoms with Crippen molar-refractivity contribution in [3.8, 4) is 0 Å². The highest BCUT2D eigenvalue weighted by Gasteiger charge is 2.27. The lowest BCUT2D eigenvalue weighted by atomic mass is 10.2. The Morgan fingerprint density at radius 2 is 1.11 bits per heavy atom. The van der Waals surface area contributed by atoms with Crippen molar-refractivity contribution in [2.45, 2.75) is 25.0 Å². The van der Waals surface area contributed by atoms with Crippen molar-refractivity contribution >= 4 is 23.9 Å². The molecule has 2 atom stereocenters. The van der Waals surface area contributed by atoms with E-state index in [2.05, 4.69) is 4.74 Å². The normalized spacial score (nSPS) is 12.8. The number of esters is 2. The number of carbonyl (C=O) groups excluding carboxylic acids is 2. The molecule has 0 fully saturated rings. The standard InChI is InChI=1S/C8H10O9.H2O/c9-3(1-5(11)12)7(15)17-8(16)4(10)2-6(13)14;/h3-4,9-10H,1-2H2,(H,11,12)(H,13,14);1H2. The van der Waals surface area contributed by atoms with E-state index < -0.39 is 48.9 Å². The molecule has 0 aromatic rings. The van der Waals surface area contributed by atoms with Gasteiger partial charge in [-0.05, 0) is 0 Å². The molecule has 104 valence electrons. The maximum absolute atomic E-state index is 10.9. The molecule has 2 unspecified atom stereocenters. The van der Waals surface area contributed by atoms with Crippen molar-refractivity contribution in [1.29, 1.82) is 0 Å². The molecule has 0 heterocycles. The van der Waals surface area contributed by atoms with Crippen molar-refractivity contribution in [2.75, 3.05) is 0 Å². The number of aliphatic carboxylic acids is 2. The van der Waals surface area contributed by atoms with Crippen LogP contribution in [0.3, 0.4) is 0 Å². The number of aliphatic hydroxyl groups is 2. The van der Waals surface area contributed by atoms with Crippen LogP contribution in [-0.4, -0.2) is 62.0 Å². The quantitative estimate of drug-likeness (QED) is 0.285. The van der Waals surface area contributed by atoms with Crippen LogP contribution < -0.4 is 0 Å². The van der Waals surface area contributed by atoms with Crippen molar-refractivity contribution in [2.24, 2.45) is 0 Å². The molecule has 0 aliphatic heterocycles. The van der Waals surface area contributed by atoms with Crippen LogP contribution >= 0.6 is 0 Å². The first-order valence-corrected chi connectivity index (χ1v) is 4.29. The van der Waals surface area contributed by atoms with Crippen LogP contribution in [0.2, 0.25) is 0 Å². The van der Waals surface area contributed by atoms with Crippen LogP contribution in [0.15, 0.2) is 0 Å². The Morgan fingerprint density at radius 3 is 1.33 bits per heavy atom. The highest BCUT2D eigenvalue weighted by atomic mass is 16.6. The third-order valence-electron chi connectivity index (χ3n) is 1.48. The van der Waals surface area contributed by atoms with Crippen LogP contribution in [0.25, 0.3) is 0 Å². The van der Waals surface area contributed by atoms with Crippen LogP contribution in [0.1, 0.15) is 12.8 Å². The van der Waals surface area contributed by atoms with Gasteiger partial charge in [-0.25, -0.2) is 9.59 Å². The summed E-state index contributed by atoms with van der Waals surface area (Å²) in [6.07, 6.45) is -6.07. The minimum absolute atomic E-state index is 0. The van der Waals surface area contributed by atoms with Gasteiger partial charge in [0.15, 0.2) is 12.2 Å². The van der Waals surface area contributed by atoms with Crippen molar-refractivity contribution in [3.05, 3.63) is 0 Å². The summed E-state index contributed by atoms with van der Waals surface area (Å²) in [5.41, 5.74) is 0. The summed E-state index contributed by atoms with van der Waals surface area (Å²) in [5, 5.41) is 34.2. The van der Waals surface area contributed by atoms with Crippen LogP contribution in [0, 0.1) is 0 Å². The molecule has 0 aliphatic carbocycles. The Morgan fingerprint density at radius 1 is 0.833 bits per heavy atom. The number of ether oxygens (including phenoxy) is 1. The topological polar surface area (TPSA) is 190 Å². The number of hydrogen-bond acceptors (Lipinski definition) is 7. The number of carboxylic acids is 2. The van der Waals surface area contributed by atoms with Gasteiger partial charge >= 0.3 is 23.9 Å². The molecule has 0 radical (unpaired) electrons. The SMILES string of the molecule is O.O=C(O)CC(O)C(=O)OC(=O)C(O)CC(=O)O. The van der Waals surface area contributed by atoms with Gasteiger partial charge in [0, 0.05) is 0 Å². The lowest BCUT2D eigenvalue weighted by Crippen LogP contribution is -2.33. The molecule has 0 amide bonds. The van der Waals surface area contributed by atoms with Gasteiger partial charge in [0.1, 0.15) is 0 Å². The van der Waals surface area contributed by atoms with E-state index in [1.807, 2.05) is 0 Å². The fraction of sp³-hybridized carbons (Fsp3) is 0.500. The fourth-order valence-electron chi connectivity index (χ4n) is 0.733. The maximum Gasteiger partial charge on any atom is 0.343 e. The minimum Gasteiger partial charge on any atom is -0.481 e. The monoisotopic (exact) mass is 268 g/mol. The highest BCUT2D eigenvalue weighted by molar-refractivity contribution is 5.92. The van der Waals surface area contributed by atoms with Gasteiger partial charge in [-0.1, -0.05) is 0 Å². The lowest BCUT2D eigenvalue weighted by Gasteiger charge is -2.09. The summed E-state index contributed by atoms with van der Waals surface area (Å²) >= 11 is 0. The average molecular weight is 268 g/mol. The van der Waals surface area contributed by atoms with Crippen LogP contribution in [0.4, 0.5) is 0 Å². The first-order valence-electron chi connectivity index (χ1n) is 4.29. The molecule has 0 aromatic carbocycles. The highest BCUT2D eigenvalue weighted by Crippen LogP contribution is 2.00. The first-order chi connectivity index (χ1) is 7.73. The summed E-state index contributed by atoms with van der Waals surface area (Å²) in [4.78, 5) is 41.9. The molecule has 0 rings (SSSR count). The third-order valence-corrected chi connectivity index (χ3v) is 1.48. The Balaban J connectivity index is 0. The Hall–Kier alpha value is -2.04. The van der Waals surface area contributed by atoms with E-state index in [9.17, 15) is 19.2 Å². The number of carboxylic acid groups (broad SMARTS) is 2. The molecule has 0 saturated carbocycles. The second-order valence-corrected chi connectivity index (χ2v) is 2.97. The molecule has 18 heavy (non-hydrogen) atoms. The van der Waals surface area contributed by atoms with Gasteiger partial charge in [0.05, 0.1) is 12.8 Å². The number of rotatable bonds is 6. The summed E-state index contributed by atoms with van der Waals surface area (Å²) in [6, 6.07) is 0. The predicted molar refractivity (Wildman–Crippen MR) is 51.2 cm³/mol. The third kappa shape index (κ3) is 7.27. The second-order valence-electron chi connectivity index (χ2n) is 2.97. The summed E-state index contributed by atoms with van der Waals surface area (Å²) in [6.45, 7) is 0.